The van der Waals surface area contributed by atoms with Gasteiger partial charge in [0.05, 0.1) is 17.1 Å². The maximum atomic E-state index is 13.5. The van der Waals surface area contributed by atoms with Crippen LogP contribution in [0.15, 0.2) is 23.8 Å². The molecule has 35 heavy (non-hydrogen) atoms. The molecule has 1 saturated heterocycles. The molecule has 6 nitrogen and oxygen atoms in total. The summed E-state index contributed by atoms with van der Waals surface area (Å²) in [5.74, 6) is -0.358. The average molecular weight is 490 g/mol. The van der Waals surface area contributed by atoms with Crippen LogP contribution >= 0.6 is 0 Å². The number of carboxylic acids is 1. The largest absolute Gasteiger partial charge is 0.480 e. The van der Waals surface area contributed by atoms with Crippen molar-refractivity contribution in [3.8, 4) is 0 Å². The molecule has 0 radical (unpaired) electrons. The summed E-state index contributed by atoms with van der Waals surface area (Å²) in [5, 5.41) is 11.1. The second-order valence-electron chi connectivity index (χ2n) is 12.3. The number of morpholine rings is 1. The highest BCUT2D eigenvalue weighted by Crippen LogP contribution is 2.80. The van der Waals surface area contributed by atoms with Crippen LogP contribution in [0.1, 0.15) is 53.4 Å². The van der Waals surface area contributed by atoms with Crippen LogP contribution in [0.4, 0.5) is 4.39 Å². The van der Waals surface area contributed by atoms with Gasteiger partial charge in [0, 0.05) is 25.6 Å². The second-order valence-corrected chi connectivity index (χ2v) is 12.3. The number of hydrogen-bond donors (Lipinski definition) is 1. The third-order valence-corrected chi connectivity index (χ3v) is 10.1. The molecule has 4 bridgehead atoms. The quantitative estimate of drug-likeness (QED) is 0.406. The van der Waals surface area contributed by atoms with E-state index >= 15 is 0 Å². The Morgan fingerprint density at radius 3 is 2.71 bits per heavy atom. The minimum absolute atomic E-state index is 0.00958. The van der Waals surface area contributed by atoms with E-state index in [9.17, 15) is 19.1 Å². The number of hydrogen-bond acceptors (Lipinski definition) is 5. The van der Waals surface area contributed by atoms with Crippen molar-refractivity contribution >= 4 is 12.3 Å². The molecule has 5 aliphatic rings. The first-order valence-electron chi connectivity index (χ1n) is 13.3. The molecule has 0 spiro atoms. The maximum Gasteiger partial charge on any atom is 0.317 e. The van der Waals surface area contributed by atoms with Crippen LogP contribution in [0.25, 0.3) is 0 Å². The maximum absolute atomic E-state index is 13.5. The summed E-state index contributed by atoms with van der Waals surface area (Å²) in [6, 6.07) is 0. The Morgan fingerprint density at radius 1 is 1.34 bits per heavy atom. The van der Waals surface area contributed by atoms with Gasteiger partial charge in [-0.25, -0.2) is 4.39 Å². The fourth-order valence-corrected chi connectivity index (χ4v) is 9.09. The van der Waals surface area contributed by atoms with Gasteiger partial charge in [-0.1, -0.05) is 45.4 Å². The van der Waals surface area contributed by atoms with E-state index in [1.165, 1.54) is 0 Å². The highest BCUT2D eigenvalue weighted by molar-refractivity contribution is 5.91. The summed E-state index contributed by atoms with van der Waals surface area (Å²) in [6.07, 6.45) is 5.39. The summed E-state index contributed by atoms with van der Waals surface area (Å²) in [6.45, 7) is 12.9. The van der Waals surface area contributed by atoms with Crippen molar-refractivity contribution in [2.75, 3.05) is 26.3 Å². The lowest BCUT2D eigenvalue weighted by Crippen LogP contribution is -2.67. The fraction of sp³-hybridized carbons (Fsp3) is 0.786. The SMILES string of the molecule is C=C(CF)CN1C[C@H](O[C@@]23C[C@@H]4[C@H](C)CC[C@H]4[C@@]4(C=O)C[C@@H]2C=C(C(C)C)[C@@]34C(=O)O)O[C@H](C)C1. The first-order valence-corrected chi connectivity index (χ1v) is 13.3. The first kappa shape index (κ1) is 25.1. The molecule has 1 heterocycles. The van der Waals surface area contributed by atoms with Crippen LogP contribution in [-0.4, -0.2) is 66.6 Å². The van der Waals surface area contributed by atoms with Crippen LogP contribution in [0, 0.1) is 40.4 Å². The van der Waals surface area contributed by atoms with E-state index in [4.69, 9.17) is 9.47 Å². The van der Waals surface area contributed by atoms with Crippen molar-refractivity contribution in [2.24, 2.45) is 40.4 Å². The molecule has 4 aliphatic carbocycles. The van der Waals surface area contributed by atoms with Crippen molar-refractivity contribution in [2.45, 2.75) is 71.4 Å². The Kier molecular flexibility index (Phi) is 6.09. The highest BCUT2D eigenvalue weighted by atomic mass is 19.1. The third kappa shape index (κ3) is 3.16. The van der Waals surface area contributed by atoms with E-state index in [-0.39, 0.29) is 29.8 Å². The molecule has 1 N–H and O–H groups in total. The normalized spacial score (nSPS) is 46.5. The standard InChI is InChI=1S/C28H40FNO5/c1-16(2)23-8-20-9-26(15-31)22-7-6-18(4)21(22)10-27(20,28(23,26)25(32)33)35-24-14-30(12-17(3)11-29)13-19(5)34-24/h8,15-16,18-22,24H,3,6-7,9-14H2,1-2,4-5H3,(H,32,33)/t18-,19-,20+,21-,22-,24+,26+,27+,28+/m1/s1. The molecular weight excluding hydrogens is 449 g/mol. The monoisotopic (exact) mass is 489 g/mol. The van der Waals surface area contributed by atoms with Gasteiger partial charge in [-0.05, 0) is 55.4 Å². The number of carboxylic acid groups (broad SMARTS) is 1. The molecule has 3 saturated carbocycles. The zero-order chi connectivity index (χ0) is 25.3. The molecule has 0 unspecified atom stereocenters. The predicted octanol–water partition coefficient (Wildman–Crippen LogP) is 4.25. The Hall–Kier alpha value is -1.57. The topological polar surface area (TPSA) is 76.1 Å². The van der Waals surface area contributed by atoms with Crippen LogP contribution in [0.5, 0.6) is 0 Å². The number of carbonyl (C=O) groups excluding carboxylic acids is 1. The minimum atomic E-state index is -1.39. The van der Waals surface area contributed by atoms with Gasteiger partial charge in [-0.3, -0.25) is 9.69 Å². The lowest BCUT2D eigenvalue weighted by atomic mass is 9.45. The molecule has 5 rings (SSSR count). The molecule has 194 valence electrons. The van der Waals surface area contributed by atoms with Crippen molar-refractivity contribution in [1.82, 2.24) is 4.90 Å². The van der Waals surface area contributed by atoms with E-state index in [1.807, 2.05) is 20.8 Å². The molecule has 0 aromatic rings. The van der Waals surface area contributed by atoms with E-state index in [1.54, 1.807) is 0 Å². The number of aliphatic carboxylic acids is 1. The highest BCUT2D eigenvalue weighted by Gasteiger charge is 2.85. The summed E-state index contributed by atoms with van der Waals surface area (Å²) in [7, 11) is 0. The minimum Gasteiger partial charge on any atom is -0.480 e. The zero-order valence-electron chi connectivity index (χ0n) is 21.5. The Balaban J connectivity index is 1.59. The molecule has 7 heteroatoms. The van der Waals surface area contributed by atoms with Crippen LogP contribution in [-0.2, 0) is 19.1 Å². The van der Waals surface area contributed by atoms with E-state index in [0.29, 0.717) is 44.0 Å². The summed E-state index contributed by atoms with van der Waals surface area (Å²) < 4.78 is 26.3. The van der Waals surface area contributed by atoms with Gasteiger partial charge in [0.25, 0.3) is 0 Å². The van der Waals surface area contributed by atoms with E-state index < -0.39 is 35.4 Å². The number of halogens is 1. The summed E-state index contributed by atoms with van der Waals surface area (Å²) in [5.41, 5.74) is -2.03. The summed E-state index contributed by atoms with van der Waals surface area (Å²) >= 11 is 0. The van der Waals surface area contributed by atoms with Gasteiger partial charge in [0.15, 0.2) is 6.29 Å². The number of aldehydes is 1. The Morgan fingerprint density at radius 2 is 2.09 bits per heavy atom. The van der Waals surface area contributed by atoms with Gasteiger partial charge < -0.3 is 19.4 Å². The number of fused-ring (bicyclic) bond motifs is 2. The smallest absolute Gasteiger partial charge is 0.317 e. The number of nitrogens with zero attached hydrogens (tertiary/aromatic N) is 1. The molecular formula is C28H40FNO5. The lowest BCUT2D eigenvalue weighted by Gasteiger charge is -2.58. The Bertz CT molecular complexity index is 950. The number of carbonyl (C=O) groups is 2. The van der Waals surface area contributed by atoms with Crippen LogP contribution in [0.2, 0.25) is 0 Å². The lowest BCUT2D eigenvalue weighted by molar-refractivity contribution is -0.292. The average Bonchev–Trinajstić information content (AvgIpc) is 3.35. The van der Waals surface area contributed by atoms with Crippen molar-refractivity contribution in [3.05, 3.63) is 23.8 Å². The van der Waals surface area contributed by atoms with Gasteiger partial charge in [0.2, 0.25) is 0 Å². The summed E-state index contributed by atoms with van der Waals surface area (Å²) in [4.78, 5) is 28.7. The van der Waals surface area contributed by atoms with Crippen molar-refractivity contribution in [1.29, 1.82) is 0 Å². The molecule has 0 aromatic carbocycles. The van der Waals surface area contributed by atoms with Crippen molar-refractivity contribution < 1.29 is 28.6 Å². The Labute approximate surface area is 207 Å². The number of rotatable bonds is 8. The number of alkyl halides is 1. The van der Waals surface area contributed by atoms with Gasteiger partial charge in [0.1, 0.15) is 18.4 Å². The molecule has 1 aliphatic heterocycles. The van der Waals surface area contributed by atoms with Crippen LogP contribution < -0.4 is 0 Å². The van der Waals surface area contributed by atoms with Gasteiger partial charge in [-0.15, -0.1) is 0 Å². The van der Waals surface area contributed by atoms with Crippen LogP contribution in [0.3, 0.4) is 0 Å². The van der Waals surface area contributed by atoms with E-state index in [0.717, 1.165) is 24.7 Å². The van der Waals surface area contributed by atoms with E-state index in [2.05, 4.69) is 24.5 Å². The van der Waals surface area contributed by atoms with Gasteiger partial charge in [-0.2, -0.15) is 0 Å². The van der Waals surface area contributed by atoms with Crippen molar-refractivity contribution in [3.63, 3.8) is 0 Å². The second kappa shape index (κ2) is 8.49. The molecule has 9 atom stereocenters. The zero-order valence-corrected chi connectivity index (χ0v) is 21.5. The van der Waals surface area contributed by atoms with Gasteiger partial charge >= 0.3 is 5.97 Å². The molecule has 0 amide bonds. The number of ether oxygens (including phenoxy) is 2. The molecule has 0 aromatic heterocycles. The third-order valence-electron chi connectivity index (χ3n) is 10.1. The molecule has 4 fully saturated rings. The fourth-order valence-electron chi connectivity index (χ4n) is 9.09. The first-order chi connectivity index (χ1) is 16.6. The predicted molar refractivity (Wildman–Crippen MR) is 129 cm³/mol.